The fraction of sp³-hybridized carbons (Fsp3) is 0.333. The van der Waals surface area contributed by atoms with E-state index in [1.807, 2.05) is 24.3 Å². The molecular weight excluding hydrogens is 422 g/mol. The largest absolute Gasteiger partial charge is 0.370 e. The van der Waals surface area contributed by atoms with Crippen molar-refractivity contribution < 1.29 is 19.2 Å². The van der Waals surface area contributed by atoms with E-state index in [2.05, 4.69) is 26.6 Å². The number of amides is 2. The molecule has 1 saturated heterocycles. The molecule has 0 atom stereocenters. The Morgan fingerprint density at radius 3 is 2.11 bits per heavy atom. The van der Waals surface area contributed by atoms with Gasteiger partial charge in [-0.25, -0.2) is 0 Å². The number of rotatable bonds is 7. The van der Waals surface area contributed by atoms with Gasteiger partial charge >= 0.3 is 0 Å². The molecule has 1 fully saturated rings. The average Bonchev–Trinajstić information content (AvgIpc) is 2.73. The van der Waals surface area contributed by atoms with Crippen molar-refractivity contribution in [2.75, 3.05) is 39.4 Å². The van der Waals surface area contributed by atoms with Gasteiger partial charge in [-0.15, -0.1) is 0 Å². The lowest BCUT2D eigenvalue weighted by molar-refractivity contribution is -0.906. The first-order valence-electron chi connectivity index (χ1n) is 9.44. The molecule has 1 heterocycles. The zero-order valence-corrected chi connectivity index (χ0v) is 17.3. The molecule has 3 rings (SSSR count). The van der Waals surface area contributed by atoms with E-state index in [0.29, 0.717) is 24.2 Å². The molecule has 0 radical (unpaired) electrons. The number of quaternary nitrogens is 1. The smallest absolute Gasteiger partial charge is 0.251 e. The molecule has 3 N–H and O–H groups in total. The molecule has 0 spiro atoms. The van der Waals surface area contributed by atoms with Crippen molar-refractivity contribution in [2.45, 2.75) is 6.54 Å². The Morgan fingerprint density at radius 1 is 0.893 bits per heavy atom. The summed E-state index contributed by atoms with van der Waals surface area (Å²) < 4.78 is 6.27. The Kier molecular flexibility index (Phi) is 7.59. The lowest BCUT2D eigenvalue weighted by Crippen LogP contribution is -3.14. The van der Waals surface area contributed by atoms with Crippen LogP contribution in [0, 0.1) is 0 Å². The number of halogens is 1. The van der Waals surface area contributed by atoms with Gasteiger partial charge in [0.25, 0.3) is 11.8 Å². The van der Waals surface area contributed by atoms with Crippen molar-refractivity contribution in [3.05, 3.63) is 69.7 Å². The molecule has 1 aliphatic rings. The highest BCUT2D eigenvalue weighted by atomic mass is 79.9. The first kappa shape index (κ1) is 20.5. The van der Waals surface area contributed by atoms with Crippen LogP contribution in [0.1, 0.15) is 26.3 Å². The molecule has 2 amide bonds. The van der Waals surface area contributed by atoms with Gasteiger partial charge in [0.2, 0.25) is 0 Å². The Balaban J connectivity index is 1.42. The fourth-order valence-corrected chi connectivity index (χ4v) is 3.29. The second kappa shape index (κ2) is 10.4. The summed E-state index contributed by atoms with van der Waals surface area (Å²) in [6.07, 6.45) is 0. The molecule has 6 nitrogen and oxygen atoms in total. The molecule has 0 unspecified atom stereocenters. The van der Waals surface area contributed by atoms with Crippen molar-refractivity contribution in [3.8, 4) is 0 Å². The van der Waals surface area contributed by atoms with Gasteiger partial charge in [-0.2, -0.15) is 0 Å². The summed E-state index contributed by atoms with van der Waals surface area (Å²) in [5.74, 6) is -0.196. The standard InChI is InChI=1S/C21H24BrN3O3/c22-19-7-5-18(6-8-19)21(27)24-15-16-1-3-17(4-2-16)20(26)23-9-10-25-11-13-28-14-12-25/h1-8H,9-15H2,(H,23,26)(H,24,27)/p+1. The van der Waals surface area contributed by atoms with Crippen molar-refractivity contribution in [1.82, 2.24) is 10.6 Å². The third-order valence-corrected chi connectivity index (χ3v) is 5.27. The number of carbonyl (C=O) groups excluding carboxylic acids is 2. The zero-order valence-electron chi connectivity index (χ0n) is 15.7. The summed E-state index contributed by atoms with van der Waals surface area (Å²) in [5, 5.41) is 5.85. The molecule has 28 heavy (non-hydrogen) atoms. The predicted molar refractivity (Wildman–Crippen MR) is 110 cm³/mol. The summed E-state index contributed by atoms with van der Waals surface area (Å²) in [6.45, 7) is 5.56. The first-order valence-corrected chi connectivity index (χ1v) is 10.2. The predicted octanol–water partition coefficient (Wildman–Crippen LogP) is 1.02. The molecule has 0 aromatic heterocycles. The summed E-state index contributed by atoms with van der Waals surface area (Å²) in [4.78, 5) is 25.9. The number of nitrogens with one attached hydrogen (secondary N) is 3. The van der Waals surface area contributed by atoms with E-state index >= 15 is 0 Å². The van der Waals surface area contributed by atoms with E-state index in [9.17, 15) is 9.59 Å². The maximum absolute atomic E-state index is 12.3. The van der Waals surface area contributed by atoms with Crippen LogP contribution in [0.25, 0.3) is 0 Å². The third-order valence-electron chi connectivity index (χ3n) is 4.74. The topological polar surface area (TPSA) is 71.9 Å². The van der Waals surface area contributed by atoms with Gasteiger partial charge in [-0.05, 0) is 42.0 Å². The maximum atomic E-state index is 12.3. The van der Waals surface area contributed by atoms with Gasteiger partial charge in [0, 0.05) is 22.1 Å². The SMILES string of the molecule is O=C(NCC[NH+]1CCOCC1)c1ccc(CNC(=O)c2ccc(Br)cc2)cc1. The second-order valence-corrected chi connectivity index (χ2v) is 7.67. The van der Waals surface area contributed by atoms with Crippen molar-refractivity contribution in [3.63, 3.8) is 0 Å². The van der Waals surface area contributed by atoms with Gasteiger partial charge in [-0.3, -0.25) is 9.59 Å². The van der Waals surface area contributed by atoms with Gasteiger partial charge in [-0.1, -0.05) is 28.1 Å². The minimum atomic E-state index is -0.125. The molecule has 0 saturated carbocycles. The zero-order chi connectivity index (χ0) is 19.8. The highest BCUT2D eigenvalue weighted by Gasteiger charge is 2.14. The molecular formula is C21H25BrN3O3+. The summed E-state index contributed by atoms with van der Waals surface area (Å²) in [5.41, 5.74) is 2.18. The highest BCUT2D eigenvalue weighted by Crippen LogP contribution is 2.11. The van der Waals surface area contributed by atoms with Crippen LogP contribution in [0.15, 0.2) is 53.0 Å². The molecule has 148 valence electrons. The molecule has 1 aliphatic heterocycles. The number of benzene rings is 2. The van der Waals surface area contributed by atoms with E-state index < -0.39 is 0 Å². The van der Waals surface area contributed by atoms with Crippen LogP contribution in [0.4, 0.5) is 0 Å². The van der Waals surface area contributed by atoms with Gasteiger partial charge in [0.05, 0.1) is 26.3 Å². The first-order chi connectivity index (χ1) is 13.6. The van der Waals surface area contributed by atoms with Crippen LogP contribution in [0.3, 0.4) is 0 Å². The number of hydrogen-bond donors (Lipinski definition) is 3. The molecule has 2 aromatic carbocycles. The van der Waals surface area contributed by atoms with Crippen LogP contribution in [0.2, 0.25) is 0 Å². The van der Waals surface area contributed by atoms with E-state index in [4.69, 9.17) is 4.74 Å². The fourth-order valence-electron chi connectivity index (χ4n) is 3.02. The van der Waals surface area contributed by atoms with E-state index in [-0.39, 0.29) is 11.8 Å². The molecule has 0 aliphatic carbocycles. The molecule has 0 bridgehead atoms. The van der Waals surface area contributed by atoms with Crippen LogP contribution < -0.4 is 15.5 Å². The highest BCUT2D eigenvalue weighted by molar-refractivity contribution is 9.10. The average molecular weight is 447 g/mol. The number of ether oxygens (including phenoxy) is 1. The maximum Gasteiger partial charge on any atom is 0.251 e. The second-order valence-electron chi connectivity index (χ2n) is 6.75. The summed E-state index contributed by atoms with van der Waals surface area (Å²) in [7, 11) is 0. The normalized spacial score (nSPS) is 14.5. The number of hydrogen-bond acceptors (Lipinski definition) is 3. The van der Waals surface area contributed by atoms with Crippen LogP contribution in [-0.4, -0.2) is 51.2 Å². The summed E-state index contributed by atoms with van der Waals surface area (Å²) >= 11 is 3.35. The van der Waals surface area contributed by atoms with Crippen molar-refractivity contribution in [1.29, 1.82) is 0 Å². The van der Waals surface area contributed by atoms with Crippen LogP contribution in [-0.2, 0) is 11.3 Å². The Morgan fingerprint density at radius 2 is 1.46 bits per heavy atom. The third kappa shape index (κ3) is 6.15. The Bertz CT molecular complexity index is 788. The van der Waals surface area contributed by atoms with Gasteiger partial charge in [0.1, 0.15) is 13.1 Å². The number of morpholine rings is 1. The van der Waals surface area contributed by atoms with E-state index in [1.165, 1.54) is 4.90 Å². The van der Waals surface area contributed by atoms with Crippen molar-refractivity contribution in [2.24, 2.45) is 0 Å². The van der Waals surface area contributed by atoms with Crippen LogP contribution in [0.5, 0.6) is 0 Å². The summed E-state index contributed by atoms with van der Waals surface area (Å²) in [6, 6.07) is 14.5. The van der Waals surface area contributed by atoms with Crippen LogP contribution >= 0.6 is 15.9 Å². The van der Waals surface area contributed by atoms with E-state index in [1.54, 1.807) is 24.3 Å². The Hall–Kier alpha value is -2.22. The lowest BCUT2D eigenvalue weighted by atomic mass is 10.1. The number of carbonyl (C=O) groups is 2. The minimum Gasteiger partial charge on any atom is -0.370 e. The quantitative estimate of drug-likeness (QED) is 0.594. The minimum absolute atomic E-state index is 0.0712. The lowest BCUT2D eigenvalue weighted by Gasteiger charge is -2.23. The molecule has 2 aromatic rings. The van der Waals surface area contributed by atoms with Gasteiger partial charge in [0.15, 0.2) is 0 Å². The van der Waals surface area contributed by atoms with E-state index in [0.717, 1.165) is 42.9 Å². The van der Waals surface area contributed by atoms with Gasteiger partial charge < -0.3 is 20.3 Å². The monoisotopic (exact) mass is 446 g/mol. The molecule has 7 heteroatoms. The Labute approximate surface area is 173 Å². The van der Waals surface area contributed by atoms with Crippen molar-refractivity contribution >= 4 is 27.7 Å².